The van der Waals surface area contributed by atoms with Gasteiger partial charge in [-0.25, -0.2) is 4.68 Å². The van der Waals surface area contributed by atoms with Crippen LogP contribution in [0.1, 0.15) is 12.1 Å². The van der Waals surface area contributed by atoms with Crippen molar-refractivity contribution in [3.05, 3.63) is 11.9 Å². The van der Waals surface area contributed by atoms with Crippen molar-refractivity contribution in [2.75, 3.05) is 5.75 Å². The fourth-order valence-electron chi connectivity index (χ4n) is 2.30. The lowest BCUT2D eigenvalue weighted by atomic mass is 9.93. The van der Waals surface area contributed by atoms with Crippen LogP contribution in [0.4, 0.5) is 57.1 Å². The number of ether oxygens (including phenoxy) is 1. The van der Waals surface area contributed by atoms with Crippen molar-refractivity contribution in [3.8, 4) is 0 Å². The van der Waals surface area contributed by atoms with Gasteiger partial charge < -0.3 is 4.74 Å². The molecule has 0 aliphatic carbocycles. The van der Waals surface area contributed by atoms with Crippen LogP contribution in [-0.4, -0.2) is 62.0 Å². The van der Waals surface area contributed by atoms with Gasteiger partial charge in [-0.2, -0.15) is 57.1 Å². The van der Waals surface area contributed by atoms with E-state index in [9.17, 15) is 57.1 Å². The number of hydrogen-bond donors (Lipinski definition) is 0. The first-order valence-electron chi connectivity index (χ1n) is 7.86. The standard InChI is InChI=1S/C13H10F13N3OS/c14-8(15,1-2-31-7-4-29-6(5-30-7)3-27-28-29)9(16,17)10(18,19)11(20,21)12(22,23)13(24,25)26/h3,7H,1-2,4-5H2. The Morgan fingerprint density at radius 1 is 0.871 bits per heavy atom. The molecule has 0 radical (unpaired) electrons. The van der Waals surface area contributed by atoms with E-state index in [-0.39, 0.29) is 13.2 Å². The van der Waals surface area contributed by atoms with Crippen LogP contribution in [0.15, 0.2) is 6.20 Å². The van der Waals surface area contributed by atoms with E-state index in [2.05, 4.69) is 10.3 Å². The van der Waals surface area contributed by atoms with Crippen molar-refractivity contribution in [2.24, 2.45) is 0 Å². The molecule has 1 unspecified atom stereocenters. The first-order valence-corrected chi connectivity index (χ1v) is 8.91. The van der Waals surface area contributed by atoms with Gasteiger partial charge in [0.15, 0.2) is 0 Å². The lowest BCUT2D eigenvalue weighted by Crippen LogP contribution is -2.70. The van der Waals surface area contributed by atoms with Crippen LogP contribution in [0.5, 0.6) is 0 Å². The summed E-state index contributed by atoms with van der Waals surface area (Å²) in [5, 5.41) is 7.05. The Balaban J connectivity index is 2.12. The SMILES string of the molecule is FC(F)(F)C(F)(F)C(F)(F)C(F)(F)C(F)(F)C(F)(F)CCSC1Cn2nncc2CO1. The summed E-state index contributed by atoms with van der Waals surface area (Å²) in [6, 6.07) is 0. The molecule has 1 atom stereocenters. The minimum Gasteiger partial charge on any atom is -0.359 e. The maximum Gasteiger partial charge on any atom is 0.460 e. The molecule has 2 heterocycles. The Labute approximate surface area is 168 Å². The molecule has 0 bridgehead atoms. The number of nitrogens with zero attached hydrogens (tertiary/aromatic N) is 3. The number of thioether (sulfide) groups is 1. The van der Waals surface area contributed by atoms with Gasteiger partial charge in [-0.3, -0.25) is 0 Å². The van der Waals surface area contributed by atoms with Gasteiger partial charge in [0.1, 0.15) is 5.44 Å². The Morgan fingerprint density at radius 2 is 1.42 bits per heavy atom. The van der Waals surface area contributed by atoms with Gasteiger partial charge in [0.2, 0.25) is 0 Å². The highest BCUT2D eigenvalue weighted by Gasteiger charge is 2.90. The lowest BCUT2D eigenvalue weighted by Gasteiger charge is -2.39. The number of hydrogen-bond acceptors (Lipinski definition) is 4. The third kappa shape index (κ3) is 4.16. The zero-order valence-corrected chi connectivity index (χ0v) is 15.4. The molecule has 31 heavy (non-hydrogen) atoms. The van der Waals surface area contributed by atoms with Gasteiger partial charge in [-0.1, -0.05) is 5.21 Å². The molecule has 18 heteroatoms. The third-order valence-corrected chi connectivity index (χ3v) is 5.25. The molecule has 1 aromatic heterocycles. The highest BCUT2D eigenvalue weighted by atomic mass is 32.2. The Morgan fingerprint density at radius 3 is 1.97 bits per heavy atom. The van der Waals surface area contributed by atoms with Crippen LogP contribution < -0.4 is 0 Å². The van der Waals surface area contributed by atoms with Crippen molar-refractivity contribution in [1.82, 2.24) is 15.0 Å². The Bertz CT molecular complexity index is 779. The average Bonchev–Trinajstić information content (AvgIpc) is 3.07. The maximum atomic E-state index is 13.7. The second kappa shape index (κ2) is 7.84. The quantitative estimate of drug-likeness (QED) is 0.469. The van der Waals surface area contributed by atoms with Crippen molar-refractivity contribution < 1.29 is 61.8 Å². The molecule has 0 saturated heterocycles. The molecular weight excluding hydrogens is 493 g/mol. The van der Waals surface area contributed by atoms with Gasteiger partial charge >= 0.3 is 35.8 Å². The zero-order valence-electron chi connectivity index (χ0n) is 14.6. The van der Waals surface area contributed by atoms with E-state index < -0.39 is 53.4 Å². The van der Waals surface area contributed by atoms with Crippen LogP contribution in [0, 0.1) is 0 Å². The van der Waals surface area contributed by atoms with E-state index in [1.165, 1.54) is 10.9 Å². The first kappa shape index (κ1) is 25.8. The highest BCUT2D eigenvalue weighted by molar-refractivity contribution is 7.99. The van der Waals surface area contributed by atoms with Crippen molar-refractivity contribution in [1.29, 1.82) is 0 Å². The summed E-state index contributed by atoms with van der Waals surface area (Å²) >= 11 is 0.351. The summed E-state index contributed by atoms with van der Waals surface area (Å²) in [6.45, 7) is -0.262. The van der Waals surface area contributed by atoms with Gasteiger partial charge in [-0.15, -0.1) is 16.9 Å². The monoisotopic (exact) mass is 503 g/mol. The first-order chi connectivity index (χ1) is 13.8. The third-order valence-electron chi connectivity index (χ3n) is 4.16. The van der Waals surface area contributed by atoms with Crippen LogP contribution in [0.25, 0.3) is 0 Å². The number of fused-ring (bicyclic) bond motifs is 1. The topological polar surface area (TPSA) is 39.9 Å². The van der Waals surface area contributed by atoms with Crippen LogP contribution in [-0.2, 0) is 17.9 Å². The van der Waals surface area contributed by atoms with E-state index in [1.807, 2.05) is 0 Å². The fraction of sp³-hybridized carbons (Fsp3) is 0.846. The fourth-order valence-corrected chi connectivity index (χ4v) is 3.34. The predicted octanol–water partition coefficient (Wildman–Crippen LogP) is 5.00. The van der Waals surface area contributed by atoms with E-state index >= 15 is 0 Å². The smallest absolute Gasteiger partial charge is 0.359 e. The second-order valence-corrected chi connectivity index (χ2v) is 7.54. The molecule has 2 rings (SSSR count). The molecule has 4 nitrogen and oxygen atoms in total. The van der Waals surface area contributed by atoms with Crippen molar-refractivity contribution >= 4 is 11.8 Å². The molecule has 0 saturated carbocycles. The lowest BCUT2D eigenvalue weighted by molar-refractivity contribution is -0.439. The molecule has 0 spiro atoms. The summed E-state index contributed by atoms with van der Waals surface area (Å²) < 4.78 is 175. The molecular formula is C13H10F13N3OS. The summed E-state index contributed by atoms with van der Waals surface area (Å²) in [7, 11) is 0. The van der Waals surface area contributed by atoms with Crippen LogP contribution >= 0.6 is 11.8 Å². The number of rotatable bonds is 8. The summed E-state index contributed by atoms with van der Waals surface area (Å²) in [5.41, 5.74) is -0.559. The van der Waals surface area contributed by atoms with Crippen molar-refractivity contribution in [3.63, 3.8) is 0 Å². The van der Waals surface area contributed by atoms with Gasteiger partial charge in [-0.05, 0) is 0 Å². The molecule has 1 aliphatic heterocycles. The van der Waals surface area contributed by atoms with Gasteiger partial charge in [0.05, 0.1) is 25.0 Å². The molecule has 0 aromatic carbocycles. The summed E-state index contributed by atoms with van der Waals surface area (Å²) in [4.78, 5) is 0. The Kier molecular flexibility index (Phi) is 6.53. The molecule has 0 amide bonds. The maximum absolute atomic E-state index is 13.7. The molecule has 1 aliphatic rings. The number of aromatic nitrogens is 3. The van der Waals surface area contributed by atoms with Crippen LogP contribution in [0.2, 0.25) is 0 Å². The minimum atomic E-state index is -7.88. The normalized spacial score (nSPS) is 19.5. The molecule has 1 aromatic rings. The van der Waals surface area contributed by atoms with E-state index in [0.717, 1.165) is 0 Å². The van der Waals surface area contributed by atoms with Crippen molar-refractivity contribution in [2.45, 2.75) is 60.8 Å². The zero-order chi connectivity index (χ0) is 24.1. The number of halogens is 13. The highest BCUT2D eigenvalue weighted by Crippen LogP contribution is 2.60. The summed E-state index contributed by atoms with van der Waals surface area (Å²) in [5.74, 6) is -37.8. The summed E-state index contributed by atoms with van der Waals surface area (Å²) in [6.07, 6.45) is -8.40. The minimum absolute atomic E-state index is 0.131. The largest absolute Gasteiger partial charge is 0.460 e. The predicted molar refractivity (Wildman–Crippen MR) is 76.5 cm³/mol. The average molecular weight is 503 g/mol. The van der Waals surface area contributed by atoms with E-state index in [1.54, 1.807) is 0 Å². The molecule has 0 fully saturated rings. The number of alkyl halides is 13. The van der Waals surface area contributed by atoms with Gasteiger partial charge in [0, 0.05) is 12.2 Å². The molecule has 180 valence electrons. The van der Waals surface area contributed by atoms with E-state index in [4.69, 9.17) is 4.74 Å². The van der Waals surface area contributed by atoms with Gasteiger partial charge in [0.25, 0.3) is 0 Å². The second-order valence-electron chi connectivity index (χ2n) is 6.27. The molecule has 0 N–H and O–H groups in total. The Hall–Kier alpha value is -1.46. The van der Waals surface area contributed by atoms with E-state index in [0.29, 0.717) is 17.5 Å². The van der Waals surface area contributed by atoms with Crippen LogP contribution in [0.3, 0.4) is 0 Å².